The zero-order valence-corrected chi connectivity index (χ0v) is 14.1. The molecule has 25 heavy (non-hydrogen) atoms. The number of hydrogen-bond acceptors (Lipinski definition) is 4. The molecule has 1 aliphatic rings. The largest absolute Gasteiger partial charge is 0.508 e. The number of rotatable bonds is 4. The van der Waals surface area contributed by atoms with E-state index in [-0.39, 0.29) is 17.6 Å². The summed E-state index contributed by atoms with van der Waals surface area (Å²) in [6.07, 6.45) is 1.11. The van der Waals surface area contributed by atoms with E-state index in [9.17, 15) is 14.7 Å². The molecule has 0 unspecified atom stereocenters. The molecule has 2 aromatic carbocycles. The van der Waals surface area contributed by atoms with Gasteiger partial charge in [-0.25, -0.2) is 0 Å². The summed E-state index contributed by atoms with van der Waals surface area (Å²) in [5, 5.41) is 15.0. The number of carbonyl (C=O) groups excluding carboxylic acids is 2. The van der Waals surface area contributed by atoms with E-state index in [0.717, 1.165) is 11.3 Å². The van der Waals surface area contributed by atoms with Gasteiger partial charge in [0.05, 0.1) is 11.4 Å². The van der Waals surface area contributed by atoms with Crippen LogP contribution in [-0.4, -0.2) is 37.1 Å². The third-order valence-corrected chi connectivity index (χ3v) is 4.25. The first-order valence-electron chi connectivity index (χ1n) is 8.24. The number of fused-ring (bicyclic) bond motifs is 1. The third kappa shape index (κ3) is 4.09. The smallest absolute Gasteiger partial charge is 0.251 e. The van der Waals surface area contributed by atoms with Crippen molar-refractivity contribution in [2.75, 3.05) is 30.4 Å². The summed E-state index contributed by atoms with van der Waals surface area (Å²) in [4.78, 5) is 26.1. The highest BCUT2D eigenvalue weighted by Crippen LogP contribution is 2.28. The maximum Gasteiger partial charge on any atom is 0.251 e. The fourth-order valence-electron chi connectivity index (χ4n) is 2.80. The number of aromatic hydroxyl groups is 1. The number of amides is 2. The van der Waals surface area contributed by atoms with Crippen molar-refractivity contribution in [1.82, 2.24) is 5.32 Å². The van der Waals surface area contributed by atoms with Crippen LogP contribution >= 0.6 is 0 Å². The Morgan fingerprint density at radius 2 is 2.00 bits per heavy atom. The van der Waals surface area contributed by atoms with Gasteiger partial charge in [-0.15, -0.1) is 0 Å². The molecular formula is C19H21N3O3. The summed E-state index contributed by atoms with van der Waals surface area (Å²) < 4.78 is 0. The van der Waals surface area contributed by atoms with Crippen LogP contribution < -0.4 is 15.5 Å². The van der Waals surface area contributed by atoms with Gasteiger partial charge < -0.3 is 20.6 Å². The summed E-state index contributed by atoms with van der Waals surface area (Å²) in [5.74, 6) is 0.00277. The summed E-state index contributed by atoms with van der Waals surface area (Å²) in [6.45, 7) is 1.14. The SMILES string of the molecule is CN1CCC(=O)Nc2cc(C(=O)NCCc3ccc(O)cc3)ccc21. The Bertz CT molecular complexity index is 787. The maximum atomic E-state index is 12.3. The number of phenolic OH excluding ortho intramolecular Hbond substituents is 1. The first kappa shape index (κ1) is 16.8. The Morgan fingerprint density at radius 3 is 2.76 bits per heavy atom. The number of nitrogens with zero attached hydrogens (tertiary/aromatic N) is 1. The van der Waals surface area contributed by atoms with Gasteiger partial charge in [0.2, 0.25) is 5.91 Å². The van der Waals surface area contributed by atoms with Gasteiger partial charge in [0.1, 0.15) is 5.75 Å². The Labute approximate surface area is 146 Å². The fraction of sp³-hybridized carbons (Fsp3) is 0.263. The van der Waals surface area contributed by atoms with Crippen molar-refractivity contribution in [1.29, 1.82) is 0 Å². The average Bonchev–Trinajstić information content (AvgIpc) is 2.74. The lowest BCUT2D eigenvalue weighted by Crippen LogP contribution is -2.26. The molecule has 1 aliphatic heterocycles. The average molecular weight is 339 g/mol. The van der Waals surface area contributed by atoms with Gasteiger partial charge in [-0.05, 0) is 42.3 Å². The molecule has 0 bridgehead atoms. The number of benzene rings is 2. The maximum absolute atomic E-state index is 12.3. The van der Waals surface area contributed by atoms with E-state index < -0.39 is 0 Å². The van der Waals surface area contributed by atoms with Gasteiger partial charge in [0.25, 0.3) is 5.91 Å². The van der Waals surface area contributed by atoms with Crippen LogP contribution in [0.1, 0.15) is 22.3 Å². The highest BCUT2D eigenvalue weighted by molar-refractivity contribution is 6.00. The highest BCUT2D eigenvalue weighted by atomic mass is 16.3. The molecule has 1 heterocycles. The number of phenols is 1. The van der Waals surface area contributed by atoms with Crippen LogP contribution in [-0.2, 0) is 11.2 Å². The lowest BCUT2D eigenvalue weighted by Gasteiger charge is -2.18. The molecule has 3 rings (SSSR count). The summed E-state index contributed by atoms with van der Waals surface area (Å²) in [7, 11) is 1.93. The van der Waals surface area contributed by atoms with Crippen LogP contribution in [0.25, 0.3) is 0 Å². The van der Waals surface area contributed by atoms with Gasteiger partial charge in [0, 0.05) is 32.1 Å². The van der Waals surface area contributed by atoms with Crippen LogP contribution in [0.3, 0.4) is 0 Å². The van der Waals surface area contributed by atoms with Crippen LogP contribution in [0.15, 0.2) is 42.5 Å². The molecule has 2 aromatic rings. The molecule has 3 N–H and O–H groups in total. The molecule has 6 heteroatoms. The van der Waals surface area contributed by atoms with Crippen molar-refractivity contribution in [3.8, 4) is 5.75 Å². The molecule has 6 nitrogen and oxygen atoms in total. The minimum absolute atomic E-state index is 0.0458. The van der Waals surface area contributed by atoms with E-state index in [1.165, 1.54) is 0 Å². The van der Waals surface area contributed by atoms with Gasteiger partial charge in [-0.1, -0.05) is 12.1 Å². The van der Waals surface area contributed by atoms with Crippen molar-refractivity contribution in [2.24, 2.45) is 0 Å². The van der Waals surface area contributed by atoms with Gasteiger partial charge in [-0.2, -0.15) is 0 Å². The Morgan fingerprint density at radius 1 is 1.24 bits per heavy atom. The van der Waals surface area contributed by atoms with E-state index in [4.69, 9.17) is 0 Å². The van der Waals surface area contributed by atoms with Gasteiger partial charge in [0.15, 0.2) is 0 Å². The fourth-order valence-corrected chi connectivity index (χ4v) is 2.80. The molecule has 0 fully saturated rings. The predicted octanol–water partition coefficient (Wildman–Crippen LogP) is 2.14. The van der Waals surface area contributed by atoms with E-state index >= 15 is 0 Å². The Hall–Kier alpha value is -3.02. The summed E-state index contributed by atoms with van der Waals surface area (Å²) in [5.41, 5.74) is 3.12. The second-order valence-electron chi connectivity index (χ2n) is 6.12. The minimum Gasteiger partial charge on any atom is -0.508 e. The molecule has 2 amide bonds. The highest BCUT2D eigenvalue weighted by Gasteiger charge is 2.18. The van der Waals surface area contributed by atoms with Crippen molar-refractivity contribution < 1.29 is 14.7 Å². The minimum atomic E-state index is -0.178. The summed E-state index contributed by atoms with van der Waals surface area (Å²) >= 11 is 0. The molecule has 0 saturated carbocycles. The number of nitrogens with one attached hydrogen (secondary N) is 2. The van der Waals surface area contributed by atoms with Gasteiger partial charge in [-0.3, -0.25) is 9.59 Å². The van der Waals surface area contributed by atoms with E-state index in [0.29, 0.717) is 37.2 Å². The van der Waals surface area contributed by atoms with E-state index in [2.05, 4.69) is 10.6 Å². The zero-order chi connectivity index (χ0) is 17.8. The molecule has 130 valence electrons. The van der Waals surface area contributed by atoms with Crippen LogP contribution in [0.5, 0.6) is 5.75 Å². The van der Waals surface area contributed by atoms with E-state index in [1.54, 1.807) is 24.3 Å². The van der Waals surface area contributed by atoms with Crippen LogP contribution in [0, 0.1) is 0 Å². The van der Waals surface area contributed by atoms with Gasteiger partial charge >= 0.3 is 0 Å². The lowest BCUT2D eigenvalue weighted by molar-refractivity contribution is -0.115. The van der Waals surface area contributed by atoms with Crippen LogP contribution in [0.4, 0.5) is 11.4 Å². The molecule has 0 aromatic heterocycles. The van der Waals surface area contributed by atoms with Crippen molar-refractivity contribution in [2.45, 2.75) is 12.8 Å². The summed E-state index contributed by atoms with van der Waals surface area (Å²) in [6, 6.07) is 12.2. The normalized spacial score (nSPS) is 13.6. The predicted molar refractivity (Wildman–Crippen MR) is 97.1 cm³/mol. The topological polar surface area (TPSA) is 81.7 Å². The van der Waals surface area contributed by atoms with Crippen LogP contribution in [0.2, 0.25) is 0 Å². The first-order valence-corrected chi connectivity index (χ1v) is 8.24. The molecular weight excluding hydrogens is 318 g/mol. The molecule has 0 atom stereocenters. The quantitative estimate of drug-likeness (QED) is 0.797. The molecule has 0 radical (unpaired) electrons. The second kappa shape index (κ2) is 7.25. The van der Waals surface area contributed by atoms with Crippen molar-refractivity contribution >= 4 is 23.2 Å². The zero-order valence-electron chi connectivity index (χ0n) is 14.1. The molecule has 0 saturated heterocycles. The van der Waals surface area contributed by atoms with E-state index in [1.807, 2.05) is 30.1 Å². The molecule has 0 aliphatic carbocycles. The molecule has 0 spiro atoms. The number of hydrogen-bond donors (Lipinski definition) is 3. The first-order chi connectivity index (χ1) is 12.0. The number of carbonyl (C=O) groups is 2. The lowest BCUT2D eigenvalue weighted by atomic mass is 10.1. The third-order valence-electron chi connectivity index (χ3n) is 4.25. The van der Waals surface area contributed by atoms with Crippen molar-refractivity contribution in [3.63, 3.8) is 0 Å². The standard InChI is InChI=1S/C19H21N3O3/c1-22-11-9-18(24)21-16-12-14(4-7-17(16)22)19(25)20-10-8-13-2-5-15(23)6-3-13/h2-7,12,23H,8-11H2,1H3,(H,20,25)(H,21,24). The number of anilines is 2. The Balaban J connectivity index is 1.64. The second-order valence-corrected chi connectivity index (χ2v) is 6.12. The van der Waals surface area contributed by atoms with Crippen molar-refractivity contribution in [3.05, 3.63) is 53.6 Å². The monoisotopic (exact) mass is 339 g/mol. The Kier molecular flexibility index (Phi) is 4.88.